The van der Waals surface area contributed by atoms with Gasteiger partial charge in [-0.15, -0.1) is 12.4 Å². The predicted octanol–water partition coefficient (Wildman–Crippen LogP) is 1.81. The Hall–Kier alpha value is -0.570. The van der Waals surface area contributed by atoms with Crippen LogP contribution in [0.15, 0.2) is 23.1 Å². The lowest BCUT2D eigenvalue weighted by Crippen LogP contribution is -2.54. The summed E-state index contributed by atoms with van der Waals surface area (Å²) < 4.78 is 32.4. The van der Waals surface area contributed by atoms with Crippen molar-refractivity contribution < 1.29 is 13.2 Å². The van der Waals surface area contributed by atoms with Crippen LogP contribution in [-0.2, 0) is 10.0 Å². The van der Waals surface area contributed by atoms with Gasteiger partial charge in [0.05, 0.1) is 7.11 Å². The van der Waals surface area contributed by atoms with Crippen LogP contribution in [0.4, 0.5) is 0 Å². The van der Waals surface area contributed by atoms with Crippen molar-refractivity contribution in [2.45, 2.75) is 24.3 Å². The first-order valence-electron chi connectivity index (χ1n) is 7.48. The number of nitrogens with two attached hydrogens (primary N) is 1. The van der Waals surface area contributed by atoms with Crippen LogP contribution in [0.1, 0.15) is 13.8 Å². The van der Waals surface area contributed by atoms with Gasteiger partial charge in [0.1, 0.15) is 10.6 Å². The van der Waals surface area contributed by atoms with Gasteiger partial charge in [0.25, 0.3) is 0 Å². The van der Waals surface area contributed by atoms with E-state index in [0.717, 1.165) is 6.54 Å². The van der Waals surface area contributed by atoms with Gasteiger partial charge in [0.15, 0.2) is 0 Å². The lowest BCUT2D eigenvalue weighted by atomic mass is 10.1. The van der Waals surface area contributed by atoms with Gasteiger partial charge in [-0.05, 0) is 32.0 Å². The maximum absolute atomic E-state index is 12.9. The number of hydrogen-bond donors (Lipinski definition) is 1. The Kier molecular flexibility index (Phi) is 7.34. The van der Waals surface area contributed by atoms with E-state index in [9.17, 15) is 8.42 Å². The molecule has 0 saturated carbocycles. The maximum atomic E-state index is 12.9. The van der Waals surface area contributed by atoms with Gasteiger partial charge in [-0.1, -0.05) is 11.6 Å². The first-order chi connectivity index (χ1) is 10.6. The van der Waals surface area contributed by atoms with E-state index in [0.29, 0.717) is 37.0 Å². The number of halogens is 2. The van der Waals surface area contributed by atoms with E-state index in [1.165, 1.54) is 17.5 Å². The Morgan fingerprint density at radius 1 is 1.25 bits per heavy atom. The van der Waals surface area contributed by atoms with Crippen LogP contribution in [0.25, 0.3) is 0 Å². The normalized spacial score (nSPS) is 17.4. The molecule has 138 valence electrons. The molecule has 2 N–H and O–H groups in total. The number of rotatable bonds is 5. The topological polar surface area (TPSA) is 75.9 Å². The van der Waals surface area contributed by atoms with Crippen LogP contribution in [0.2, 0.25) is 5.02 Å². The van der Waals surface area contributed by atoms with Crippen LogP contribution in [0, 0.1) is 0 Å². The average molecular weight is 398 g/mol. The van der Waals surface area contributed by atoms with Gasteiger partial charge in [-0.25, -0.2) is 8.42 Å². The molecule has 1 aromatic rings. The fourth-order valence-electron chi connectivity index (χ4n) is 2.70. The lowest BCUT2D eigenvalue weighted by molar-refractivity contribution is 0.162. The molecule has 0 bridgehead atoms. The zero-order valence-electron chi connectivity index (χ0n) is 14.2. The predicted molar refractivity (Wildman–Crippen MR) is 98.7 cm³/mol. The van der Waals surface area contributed by atoms with Gasteiger partial charge in [0, 0.05) is 43.3 Å². The van der Waals surface area contributed by atoms with E-state index in [4.69, 9.17) is 22.1 Å². The minimum Gasteiger partial charge on any atom is -0.495 e. The fourth-order valence-corrected chi connectivity index (χ4v) is 4.54. The van der Waals surface area contributed by atoms with E-state index in [1.807, 2.05) is 13.8 Å². The van der Waals surface area contributed by atoms with Crippen LogP contribution in [0.3, 0.4) is 0 Å². The summed E-state index contributed by atoms with van der Waals surface area (Å²) in [4.78, 5) is 2.29. The third kappa shape index (κ3) is 5.21. The van der Waals surface area contributed by atoms with Gasteiger partial charge in [-0.3, -0.25) is 4.90 Å². The highest BCUT2D eigenvalue weighted by molar-refractivity contribution is 7.89. The van der Waals surface area contributed by atoms with Gasteiger partial charge < -0.3 is 10.5 Å². The van der Waals surface area contributed by atoms with Crippen molar-refractivity contribution >= 4 is 34.0 Å². The van der Waals surface area contributed by atoms with Crippen molar-refractivity contribution in [3.05, 3.63) is 23.2 Å². The van der Waals surface area contributed by atoms with Crippen molar-refractivity contribution in [3.63, 3.8) is 0 Å². The second-order valence-corrected chi connectivity index (χ2v) is 8.81. The molecule has 1 aromatic carbocycles. The SMILES string of the molecule is COc1ccc(Cl)cc1S(=O)(=O)N1CCN(CC(C)(C)N)CC1.Cl. The first kappa shape index (κ1) is 21.5. The molecule has 0 radical (unpaired) electrons. The molecule has 1 aliphatic rings. The Bertz CT molecular complexity index is 654. The molecule has 0 spiro atoms. The minimum absolute atomic E-state index is 0. The molecule has 0 aromatic heterocycles. The summed E-state index contributed by atoms with van der Waals surface area (Å²) in [6.45, 7) is 6.83. The van der Waals surface area contributed by atoms with Gasteiger partial charge >= 0.3 is 0 Å². The van der Waals surface area contributed by atoms with E-state index < -0.39 is 10.0 Å². The molecular formula is C15H25Cl2N3O3S. The fraction of sp³-hybridized carbons (Fsp3) is 0.600. The molecule has 6 nitrogen and oxygen atoms in total. The number of hydrogen-bond acceptors (Lipinski definition) is 5. The average Bonchev–Trinajstić information content (AvgIpc) is 2.46. The number of nitrogens with zero attached hydrogens (tertiary/aromatic N) is 2. The molecule has 1 fully saturated rings. The third-order valence-electron chi connectivity index (χ3n) is 3.71. The molecule has 1 heterocycles. The molecule has 9 heteroatoms. The summed E-state index contributed by atoms with van der Waals surface area (Å²) in [6, 6.07) is 4.62. The van der Waals surface area contributed by atoms with E-state index >= 15 is 0 Å². The first-order valence-corrected chi connectivity index (χ1v) is 9.30. The van der Waals surface area contributed by atoms with Crippen molar-refractivity contribution in [1.29, 1.82) is 0 Å². The summed E-state index contributed by atoms with van der Waals surface area (Å²) in [6.07, 6.45) is 0. The number of piperazine rings is 1. The van der Waals surface area contributed by atoms with Crippen LogP contribution in [0.5, 0.6) is 5.75 Å². The third-order valence-corrected chi connectivity index (χ3v) is 5.86. The summed E-state index contributed by atoms with van der Waals surface area (Å²) in [5, 5.41) is 0.368. The highest BCUT2D eigenvalue weighted by Crippen LogP contribution is 2.30. The van der Waals surface area contributed by atoms with Gasteiger partial charge in [-0.2, -0.15) is 4.31 Å². The Labute approximate surface area is 155 Å². The van der Waals surface area contributed by atoms with Crippen LogP contribution >= 0.6 is 24.0 Å². The minimum atomic E-state index is -3.63. The molecular weight excluding hydrogens is 373 g/mol. The van der Waals surface area contributed by atoms with Crippen molar-refractivity contribution in [2.75, 3.05) is 39.8 Å². The zero-order valence-corrected chi connectivity index (χ0v) is 16.5. The molecule has 0 aliphatic carbocycles. The molecule has 0 atom stereocenters. The standard InChI is InChI=1S/C15H24ClN3O3S.ClH/c1-15(2,17)11-18-6-8-19(9-7-18)23(20,21)14-10-12(16)4-5-13(14)22-3;/h4-5,10H,6-9,11,17H2,1-3H3;1H. The second kappa shape index (κ2) is 8.21. The quantitative estimate of drug-likeness (QED) is 0.819. The Morgan fingerprint density at radius 3 is 2.33 bits per heavy atom. The molecule has 2 rings (SSSR count). The lowest BCUT2D eigenvalue weighted by Gasteiger charge is -2.37. The van der Waals surface area contributed by atoms with Crippen molar-refractivity contribution in [3.8, 4) is 5.75 Å². The second-order valence-electron chi connectivity index (χ2n) is 6.46. The molecule has 1 aliphatic heterocycles. The van der Waals surface area contributed by atoms with E-state index in [1.54, 1.807) is 12.1 Å². The van der Waals surface area contributed by atoms with Crippen molar-refractivity contribution in [1.82, 2.24) is 9.21 Å². The monoisotopic (exact) mass is 397 g/mol. The molecule has 1 saturated heterocycles. The highest BCUT2D eigenvalue weighted by atomic mass is 35.5. The highest BCUT2D eigenvalue weighted by Gasteiger charge is 2.32. The molecule has 0 unspecified atom stereocenters. The van der Waals surface area contributed by atoms with Crippen molar-refractivity contribution in [2.24, 2.45) is 5.73 Å². The number of sulfonamides is 1. The smallest absolute Gasteiger partial charge is 0.246 e. The van der Waals surface area contributed by atoms with Crippen LogP contribution < -0.4 is 10.5 Å². The number of benzene rings is 1. The number of methoxy groups -OCH3 is 1. The summed E-state index contributed by atoms with van der Waals surface area (Å²) in [7, 11) is -2.18. The maximum Gasteiger partial charge on any atom is 0.246 e. The summed E-state index contributed by atoms with van der Waals surface area (Å²) >= 11 is 5.95. The summed E-state index contributed by atoms with van der Waals surface area (Å²) in [5.74, 6) is 0.305. The van der Waals surface area contributed by atoms with E-state index in [-0.39, 0.29) is 22.8 Å². The zero-order chi connectivity index (χ0) is 17.3. The molecule has 0 amide bonds. The van der Waals surface area contributed by atoms with Crippen LogP contribution in [-0.4, -0.2) is 63.0 Å². The Balaban J connectivity index is 0.00000288. The molecule has 24 heavy (non-hydrogen) atoms. The largest absolute Gasteiger partial charge is 0.495 e. The van der Waals surface area contributed by atoms with Gasteiger partial charge in [0.2, 0.25) is 10.0 Å². The van der Waals surface area contributed by atoms with E-state index in [2.05, 4.69) is 4.90 Å². The Morgan fingerprint density at radius 2 is 1.83 bits per heavy atom. The number of ether oxygens (including phenoxy) is 1. The summed E-state index contributed by atoms with van der Waals surface area (Å²) in [5.41, 5.74) is 5.73.